The maximum atomic E-state index is 12.7. The van der Waals surface area contributed by atoms with Gasteiger partial charge in [0.15, 0.2) is 0 Å². The van der Waals surface area contributed by atoms with Crippen LogP contribution in [0.15, 0.2) is 42.5 Å². The van der Waals surface area contributed by atoms with Gasteiger partial charge in [0.1, 0.15) is 5.75 Å². The van der Waals surface area contributed by atoms with Crippen LogP contribution in [0, 0.1) is 0 Å². The molecule has 0 bridgehead atoms. The van der Waals surface area contributed by atoms with E-state index in [9.17, 15) is 18.0 Å². The van der Waals surface area contributed by atoms with Gasteiger partial charge in [0.25, 0.3) is 0 Å². The molecule has 0 aliphatic carbocycles. The number of carbonyl (C=O) groups is 1. The monoisotopic (exact) mass is 330 g/mol. The van der Waals surface area contributed by atoms with Crippen LogP contribution in [0.25, 0.3) is 0 Å². The molecule has 0 saturated heterocycles. The minimum absolute atomic E-state index is 0.0264. The number of aromatic hydroxyl groups is 1. The van der Waals surface area contributed by atoms with Crippen molar-refractivity contribution in [3.05, 3.63) is 53.1 Å². The van der Waals surface area contributed by atoms with E-state index in [0.29, 0.717) is 5.69 Å². The van der Waals surface area contributed by atoms with Crippen LogP contribution in [0.1, 0.15) is 5.56 Å². The number of amides is 2. The number of alkyl halides is 3. The fourth-order valence-electron chi connectivity index (χ4n) is 1.66. The highest BCUT2D eigenvalue weighted by Crippen LogP contribution is 2.36. The summed E-state index contributed by atoms with van der Waals surface area (Å²) in [7, 11) is 0. The molecule has 0 fully saturated rings. The van der Waals surface area contributed by atoms with Crippen LogP contribution >= 0.6 is 11.6 Å². The van der Waals surface area contributed by atoms with Crippen LogP contribution in [0.5, 0.6) is 5.75 Å². The first-order chi connectivity index (χ1) is 10.3. The van der Waals surface area contributed by atoms with Gasteiger partial charge < -0.3 is 15.7 Å². The first-order valence-electron chi connectivity index (χ1n) is 5.99. The number of benzene rings is 2. The highest BCUT2D eigenvalue weighted by atomic mass is 35.5. The molecule has 0 aromatic heterocycles. The SMILES string of the molecule is O=C(Nc1ccc(O)cc1)Nc1ccc(Cl)c(C(F)(F)F)c1. The summed E-state index contributed by atoms with van der Waals surface area (Å²) in [5.74, 6) is 0.0264. The van der Waals surface area contributed by atoms with E-state index in [2.05, 4.69) is 10.6 Å². The second-order valence-electron chi connectivity index (χ2n) is 4.32. The van der Waals surface area contributed by atoms with Gasteiger partial charge in [0.05, 0.1) is 10.6 Å². The Morgan fingerprint density at radius 1 is 1.00 bits per heavy atom. The van der Waals surface area contributed by atoms with Gasteiger partial charge in [-0.3, -0.25) is 0 Å². The molecule has 2 amide bonds. The molecule has 2 rings (SSSR count). The number of anilines is 2. The lowest BCUT2D eigenvalue weighted by atomic mass is 10.2. The summed E-state index contributed by atoms with van der Waals surface area (Å²) in [5.41, 5.74) is -0.704. The molecule has 2 aromatic carbocycles. The molecule has 0 heterocycles. The molecule has 116 valence electrons. The van der Waals surface area contributed by atoms with Gasteiger partial charge >= 0.3 is 12.2 Å². The minimum Gasteiger partial charge on any atom is -0.508 e. The first-order valence-corrected chi connectivity index (χ1v) is 6.37. The molecule has 0 aliphatic rings. The van der Waals surface area contributed by atoms with E-state index in [0.717, 1.165) is 12.1 Å². The smallest absolute Gasteiger partial charge is 0.417 e. The van der Waals surface area contributed by atoms with E-state index in [1.165, 1.54) is 30.3 Å². The number of hydrogen-bond acceptors (Lipinski definition) is 2. The maximum Gasteiger partial charge on any atom is 0.417 e. The van der Waals surface area contributed by atoms with Crippen molar-refractivity contribution >= 4 is 29.0 Å². The normalized spacial score (nSPS) is 11.1. The number of nitrogens with one attached hydrogen (secondary N) is 2. The van der Waals surface area contributed by atoms with Crippen LogP contribution in [-0.4, -0.2) is 11.1 Å². The number of phenolic OH excluding ortho intramolecular Hbond substituents is 1. The standard InChI is InChI=1S/C14H10ClF3N2O2/c15-12-6-3-9(7-11(12)14(16,17)18)20-13(22)19-8-1-4-10(21)5-2-8/h1-7,21H,(H2,19,20,22). The summed E-state index contributed by atoms with van der Waals surface area (Å²) in [6, 6.07) is 7.95. The molecule has 8 heteroatoms. The third kappa shape index (κ3) is 4.05. The Bertz CT molecular complexity index is 687. The van der Waals surface area contributed by atoms with Crippen molar-refractivity contribution < 1.29 is 23.1 Å². The Hall–Kier alpha value is -2.41. The number of phenols is 1. The molecule has 0 saturated carbocycles. The third-order valence-corrected chi connectivity index (χ3v) is 2.98. The predicted octanol–water partition coefficient (Wildman–Crippen LogP) is 4.71. The lowest BCUT2D eigenvalue weighted by molar-refractivity contribution is -0.137. The van der Waals surface area contributed by atoms with Crippen LogP contribution in [0.3, 0.4) is 0 Å². The molecule has 0 radical (unpaired) electrons. The van der Waals surface area contributed by atoms with Gasteiger partial charge in [-0.15, -0.1) is 0 Å². The van der Waals surface area contributed by atoms with Gasteiger partial charge in [-0.2, -0.15) is 13.2 Å². The minimum atomic E-state index is -4.61. The van der Waals surface area contributed by atoms with Crippen LogP contribution in [0.4, 0.5) is 29.3 Å². The fourth-order valence-corrected chi connectivity index (χ4v) is 1.88. The van der Waals surface area contributed by atoms with Crippen LogP contribution in [-0.2, 0) is 6.18 Å². The molecule has 4 nitrogen and oxygen atoms in total. The maximum absolute atomic E-state index is 12.7. The van der Waals surface area contributed by atoms with E-state index in [4.69, 9.17) is 16.7 Å². The van der Waals surface area contributed by atoms with Crippen molar-refractivity contribution in [2.24, 2.45) is 0 Å². The summed E-state index contributed by atoms with van der Waals surface area (Å²) in [6.45, 7) is 0. The van der Waals surface area contributed by atoms with E-state index >= 15 is 0 Å². The average Bonchev–Trinajstić information content (AvgIpc) is 2.42. The van der Waals surface area contributed by atoms with Crippen molar-refractivity contribution in [3.8, 4) is 5.75 Å². The molecule has 0 aliphatic heterocycles. The molecule has 0 spiro atoms. The number of hydrogen-bond donors (Lipinski definition) is 3. The quantitative estimate of drug-likeness (QED) is 0.698. The zero-order valence-electron chi connectivity index (χ0n) is 10.9. The highest BCUT2D eigenvalue weighted by Gasteiger charge is 2.33. The molecule has 3 N–H and O–H groups in total. The first kappa shape index (κ1) is 16.0. The summed E-state index contributed by atoms with van der Waals surface area (Å²) in [5, 5.41) is 13.4. The van der Waals surface area contributed by atoms with Crippen molar-refractivity contribution in [3.63, 3.8) is 0 Å². The summed E-state index contributed by atoms with van der Waals surface area (Å²) < 4.78 is 38.1. The third-order valence-electron chi connectivity index (χ3n) is 2.65. The number of urea groups is 1. The molecule has 2 aromatic rings. The van der Waals surface area contributed by atoms with Crippen LogP contribution in [0.2, 0.25) is 5.02 Å². The highest BCUT2D eigenvalue weighted by molar-refractivity contribution is 6.31. The van der Waals surface area contributed by atoms with Crippen molar-refractivity contribution in [2.75, 3.05) is 10.6 Å². The Labute approximate surface area is 128 Å². The molecule has 22 heavy (non-hydrogen) atoms. The summed E-state index contributed by atoms with van der Waals surface area (Å²) in [4.78, 5) is 11.7. The number of rotatable bonds is 2. The molecular formula is C14H10ClF3N2O2. The fraction of sp³-hybridized carbons (Fsp3) is 0.0714. The average molecular weight is 331 g/mol. The van der Waals surface area contributed by atoms with Gasteiger partial charge in [0.2, 0.25) is 0 Å². The number of carbonyl (C=O) groups excluding carboxylic acids is 1. The Balaban J connectivity index is 2.10. The zero-order valence-corrected chi connectivity index (χ0v) is 11.7. The van der Waals surface area contributed by atoms with Crippen molar-refractivity contribution in [1.82, 2.24) is 0 Å². The number of halogens is 4. The zero-order chi connectivity index (χ0) is 16.3. The van der Waals surface area contributed by atoms with Crippen molar-refractivity contribution in [2.45, 2.75) is 6.18 Å². The van der Waals surface area contributed by atoms with Gasteiger partial charge in [0, 0.05) is 11.4 Å². The Morgan fingerprint density at radius 3 is 2.14 bits per heavy atom. The van der Waals surface area contributed by atoms with Gasteiger partial charge in [-0.05, 0) is 42.5 Å². The van der Waals surface area contributed by atoms with E-state index in [1.54, 1.807) is 0 Å². The van der Waals surface area contributed by atoms with E-state index < -0.39 is 22.8 Å². The lowest BCUT2D eigenvalue weighted by Crippen LogP contribution is -2.19. The van der Waals surface area contributed by atoms with E-state index in [1.807, 2.05) is 0 Å². The summed E-state index contributed by atoms with van der Waals surface area (Å²) in [6.07, 6.45) is -4.61. The second-order valence-corrected chi connectivity index (χ2v) is 4.73. The van der Waals surface area contributed by atoms with Gasteiger partial charge in [-0.25, -0.2) is 4.79 Å². The van der Waals surface area contributed by atoms with Gasteiger partial charge in [-0.1, -0.05) is 11.6 Å². The molecule has 0 atom stereocenters. The largest absolute Gasteiger partial charge is 0.508 e. The summed E-state index contributed by atoms with van der Waals surface area (Å²) >= 11 is 5.49. The lowest BCUT2D eigenvalue weighted by Gasteiger charge is -2.12. The van der Waals surface area contributed by atoms with E-state index in [-0.39, 0.29) is 11.4 Å². The van der Waals surface area contributed by atoms with Crippen molar-refractivity contribution in [1.29, 1.82) is 0 Å². The predicted molar refractivity (Wildman–Crippen MR) is 77.2 cm³/mol. The second kappa shape index (κ2) is 6.15. The Morgan fingerprint density at radius 2 is 1.55 bits per heavy atom. The molecular weight excluding hydrogens is 321 g/mol. The Kier molecular flexibility index (Phi) is 4.46. The topological polar surface area (TPSA) is 61.4 Å². The van der Waals surface area contributed by atoms with Crippen LogP contribution < -0.4 is 10.6 Å². The molecule has 0 unspecified atom stereocenters.